The molecule has 0 amide bonds. The van der Waals surface area contributed by atoms with Crippen molar-refractivity contribution in [1.29, 1.82) is 0 Å². The van der Waals surface area contributed by atoms with Gasteiger partial charge in [0.2, 0.25) is 0 Å². The van der Waals surface area contributed by atoms with Crippen LogP contribution in [-0.4, -0.2) is 5.71 Å². The topological polar surface area (TPSA) is 24.4 Å². The SMILES string of the molecule is c1ccc(Cc2ccc(NN=C(c3ccccc3)c3ccccc3)cc2)cc1. The Morgan fingerprint density at radius 3 is 1.54 bits per heavy atom. The molecule has 0 bridgehead atoms. The summed E-state index contributed by atoms with van der Waals surface area (Å²) in [5.41, 5.74) is 9.89. The van der Waals surface area contributed by atoms with E-state index in [9.17, 15) is 0 Å². The molecule has 0 heterocycles. The molecule has 0 saturated carbocycles. The van der Waals surface area contributed by atoms with Gasteiger partial charge in [-0.05, 0) is 29.7 Å². The number of hydrazone groups is 1. The second-order valence-electron chi connectivity index (χ2n) is 6.66. The molecule has 4 aromatic carbocycles. The third-order valence-corrected chi connectivity index (χ3v) is 4.60. The van der Waals surface area contributed by atoms with Crippen LogP contribution < -0.4 is 5.43 Å². The molecule has 0 aromatic heterocycles. The molecule has 136 valence electrons. The highest BCUT2D eigenvalue weighted by molar-refractivity contribution is 6.13. The van der Waals surface area contributed by atoms with E-state index in [0.717, 1.165) is 28.9 Å². The zero-order chi connectivity index (χ0) is 19.0. The van der Waals surface area contributed by atoms with Crippen molar-refractivity contribution in [2.45, 2.75) is 6.42 Å². The van der Waals surface area contributed by atoms with Crippen LogP contribution in [0.3, 0.4) is 0 Å². The molecule has 2 heteroatoms. The van der Waals surface area contributed by atoms with Gasteiger partial charge in [-0.1, -0.05) is 103 Å². The average Bonchev–Trinajstić information content (AvgIpc) is 2.77. The first kappa shape index (κ1) is 17.7. The molecular formula is C26H22N2. The Kier molecular flexibility index (Phi) is 5.60. The highest BCUT2D eigenvalue weighted by atomic mass is 15.3. The number of benzene rings is 4. The normalized spacial score (nSPS) is 10.3. The van der Waals surface area contributed by atoms with Crippen LogP contribution >= 0.6 is 0 Å². The maximum Gasteiger partial charge on any atom is 0.0977 e. The van der Waals surface area contributed by atoms with Gasteiger partial charge in [0.05, 0.1) is 11.4 Å². The maximum absolute atomic E-state index is 4.71. The third kappa shape index (κ3) is 4.54. The summed E-state index contributed by atoms with van der Waals surface area (Å²) in [6.45, 7) is 0. The van der Waals surface area contributed by atoms with Gasteiger partial charge in [-0.2, -0.15) is 5.10 Å². The first-order chi connectivity index (χ1) is 13.9. The lowest BCUT2D eigenvalue weighted by atomic mass is 10.0. The quantitative estimate of drug-likeness (QED) is 0.323. The largest absolute Gasteiger partial charge is 0.278 e. The van der Waals surface area contributed by atoms with Crippen LogP contribution in [0, 0.1) is 0 Å². The highest BCUT2D eigenvalue weighted by Gasteiger charge is 2.06. The lowest BCUT2D eigenvalue weighted by Gasteiger charge is -2.09. The van der Waals surface area contributed by atoms with E-state index >= 15 is 0 Å². The smallest absolute Gasteiger partial charge is 0.0977 e. The average molecular weight is 362 g/mol. The molecule has 4 rings (SSSR count). The van der Waals surface area contributed by atoms with E-state index in [1.807, 2.05) is 42.5 Å². The fraction of sp³-hybridized carbons (Fsp3) is 0.0385. The second-order valence-corrected chi connectivity index (χ2v) is 6.66. The molecule has 0 aliphatic heterocycles. The van der Waals surface area contributed by atoms with Crippen LogP contribution in [0.1, 0.15) is 22.3 Å². The predicted octanol–water partition coefficient (Wildman–Crippen LogP) is 6.14. The summed E-state index contributed by atoms with van der Waals surface area (Å²) in [6.07, 6.45) is 0.934. The minimum atomic E-state index is 0.926. The molecule has 0 spiro atoms. The Bertz CT molecular complexity index is 981. The number of hydrogen-bond acceptors (Lipinski definition) is 2. The second kappa shape index (κ2) is 8.83. The predicted molar refractivity (Wildman–Crippen MR) is 118 cm³/mol. The van der Waals surface area contributed by atoms with E-state index < -0.39 is 0 Å². The molecule has 2 nitrogen and oxygen atoms in total. The van der Waals surface area contributed by atoms with Gasteiger partial charge >= 0.3 is 0 Å². The van der Waals surface area contributed by atoms with Crippen LogP contribution in [0.15, 0.2) is 120 Å². The van der Waals surface area contributed by atoms with Gasteiger partial charge in [0.1, 0.15) is 0 Å². The van der Waals surface area contributed by atoms with Crippen molar-refractivity contribution in [1.82, 2.24) is 0 Å². The zero-order valence-corrected chi connectivity index (χ0v) is 15.6. The molecule has 0 unspecified atom stereocenters. The van der Waals surface area contributed by atoms with Crippen molar-refractivity contribution in [3.63, 3.8) is 0 Å². The van der Waals surface area contributed by atoms with Gasteiger partial charge < -0.3 is 0 Å². The third-order valence-electron chi connectivity index (χ3n) is 4.60. The molecule has 1 N–H and O–H groups in total. The zero-order valence-electron chi connectivity index (χ0n) is 15.6. The van der Waals surface area contributed by atoms with Crippen molar-refractivity contribution in [2.24, 2.45) is 5.10 Å². The van der Waals surface area contributed by atoms with Crippen LogP contribution in [0.4, 0.5) is 5.69 Å². The Morgan fingerprint density at radius 1 is 0.536 bits per heavy atom. The standard InChI is InChI=1S/C26H22N2/c1-4-10-21(11-5-1)20-22-16-18-25(19-17-22)27-28-26(23-12-6-2-7-13-23)24-14-8-3-9-15-24/h1-19,27H,20H2. The van der Waals surface area contributed by atoms with Crippen LogP contribution in [-0.2, 0) is 6.42 Å². The van der Waals surface area contributed by atoms with Crippen molar-refractivity contribution in [3.05, 3.63) is 138 Å². The Balaban J connectivity index is 1.54. The Morgan fingerprint density at radius 2 is 1.00 bits per heavy atom. The minimum absolute atomic E-state index is 0.926. The Hall–Kier alpha value is -3.65. The van der Waals surface area contributed by atoms with Gasteiger partial charge in [-0.25, -0.2) is 0 Å². The fourth-order valence-electron chi connectivity index (χ4n) is 3.14. The van der Waals surface area contributed by atoms with E-state index in [1.54, 1.807) is 0 Å². The number of hydrogen-bond donors (Lipinski definition) is 1. The molecule has 0 radical (unpaired) electrons. The van der Waals surface area contributed by atoms with E-state index in [1.165, 1.54) is 11.1 Å². The number of rotatable bonds is 6. The Labute approximate surface area is 166 Å². The summed E-state index contributed by atoms with van der Waals surface area (Å²) >= 11 is 0. The summed E-state index contributed by atoms with van der Waals surface area (Å²) in [4.78, 5) is 0. The molecule has 0 aliphatic carbocycles. The number of anilines is 1. The summed E-state index contributed by atoms with van der Waals surface area (Å²) in [6, 6.07) is 39.5. The highest BCUT2D eigenvalue weighted by Crippen LogP contribution is 2.15. The minimum Gasteiger partial charge on any atom is -0.278 e. The van der Waals surface area contributed by atoms with E-state index in [2.05, 4.69) is 78.2 Å². The van der Waals surface area contributed by atoms with E-state index in [4.69, 9.17) is 5.10 Å². The fourth-order valence-corrected chi connectivity index (χ4v) is 3.14. The maximum atomic E-state index is 4.71. The van der Waals surface area contributed by atoms with Crippen LogP contribution in [0.2, 0.25) is 0 Å². The lowest BCUT2D eigenvalue weighted by Crippen LogP contribution is -2.06. The molecule has 0 aliphatic rings. The van der Waals surface area contributed by atoms with E-state index in [0.29, 0.717) is 0 Å². The van der Waals surface area contributed by atoms with Gasteiger partial charge in [-0.3, -0.25) is 5.43 Å². The van der Waals surface area contributed by atoms with Gasteiger partial charge in [0.25, 0.3) is 0 Å². The monoisotopic (exact) mass is 362 g/mol. The first-order valence-electron chi connectivity index (χ1n) is 9.46. The van der Waals surface area contributed by atoms with Crippen LogP contribution in [0.25, 0.3) is 0 Å². The van der Waals surface area contributed by atoms with Gasteiger partial charge in [0, 0.05) is 11.1 Å². The first-order valence-corrected chi connectivity index (χ1v) is 9.46. The number of nitrogens with zero attached hydrogens (tertiary/aromatic N) is 1. The molecule has 28 heavy (non-hydrogen) atoms. The molecule has 0 saturated heterocycles. The van der Waals surface area contributed by atoms with Crippen LogP contribution in [0.5, 0.6) is 0 Å². The van der Waals surface area contributed by atoms with Gasteiger partial charge in [0.15, 0.2) is 0 Å². The molecular weight excluding hydrogens is 340 g/mol. The molecule has 0 atom stereocenters. The number of nitrogens with one attached hydrogen (secondary N) is 1. The summed E-state index contributed by atoms with van der Waals surface area (Å²) in [7, 11) is 0. The molecule has 0 fully saturated rings. The van der Waals surface area contributed by atoms with Gasteiger partial charge in [-0.15, -0.1) is 0 Å². The van der Waals surface area contributed by atoms with E-state index in [-0.39, 0.29) is 0 Å². The van der Waals surface area contributed by atoms with Crippen molar-refractivity contribution < 1.29 is 0 Å². The summed E-state index contributed by atoms with van der Waals surface area (Å²) < 4.78 is 0. The summed E-state index contributed by atoms with van der Waals surface area (Å²) in [5.74, 6) is 0. The summed E-state index contributed by atoms with van der Waals surface area (Å²) in [5, 5.41) is 4.71. The van der Waals surface area contributed by atoms with Crippen molar-refractivity contribution >= 4 is 11.4 Å². The lowest BCUT2D eigenvalue weighted by molar-refractivity contribution is 1.19. The molecule has 4 aromatic rings. The van der Waals surface area contributed by atoms with Crippen molar-refractivity contribution in [3.8, 4) is 0 Å². The van der Waals surface area contributed by atoms with Crippen molar-refractivity contribution in [2.75, 3.05) is 5.43 Å².